The van der Waals surface area contributed by atoms with Crippen molar-refractivity contribution in [3.8, 4) is 0 Å². The van der Waals surface area contributed by atoms with Gasteiger partial charge in [-0.1, -0.05) is 0 Å². The van der Waals surface area contributed by atoms with E-state index in [1.54, 1.807) is 0 Å². The Morgan fingerprint density at radius 2 is 2.21 bits per heavy atom. The lowest BCUT2D eigenvalue weighted by molar-refractivity contribution is -0.148. The van der Waals surface area contributed by atoms with Crippen LogP contribution in [0, 0.1) is 4.91 Å². The number of urea groups is 1. The van der Waals surface area contributed by atoms with E-state index in [0.717, 1.165) is 24.3 Å². The lowest BCUT2D eigenvalue weighted by Gasteiger charge is -2.29. The van der Waals surface area contributed by atoms with E-state index in [-0.39, 0.29) is 30.5 Å². The second-order valence-electron chi connectivity index (χ2n) is 4.44. The van der Waals surface area contributed by atoms with E-state index in [1.807, 2.05) is 0 Å². The summed E-state index contributed by atoms with van der Waals surface area (Å²) in [5, 5.41) is 6.07. The largest absolute Gasteiger partial charge is 0.462 e. The topological polar surface area (TPSA) is 88.1 Å². The molecule has 19 heavy (non-hydrogen) atoms. The number of halogens is 1. The number of alkyl halides is 1. The molecule has 1 saturated carbocycles. The van der Waals surface area contributed by atoms with E-state index in [0.29, 0.717) is 6.42 Å². The second kappa shape index (κ2) is 7.93. The van der Waals surface area contributed by atoms with Crippen molar-refractivity contribution in [2.45, 2.75) is 44.8 Å². The number of hydrogen-bond acceptors (Lipinski definition) is 5. The highest BCUT2D eigenvalue weighted by Gasteiger charge is 2.26. The summed E-state index contributed by atoms with van der Waals surface area (Å²) in [7, 11) is 0. The number of esters is 1. The van der Waals surface area contributed by atoms with Crippen LogP contribution in [0.4, 0.5) is 4.79 Å². The molecule has 0 bridgehead atoms. The van der Waals surface area contributed by atoms with Gasteiger partial charge in [-0.2, -0.15) is 5.01 Å². The third kappa shape index (κ3) is 5.42. The monoisotopic (exact) mass is 291 g/mol. The molecule has 1 aliphatic carbocycles. The summed E-state index contributed by atoms with van der Waals surface area (Å²) >= 11 is 5.46. The molecule has 1 aliphatic rings. The Morgan fingerprint density at radius 1 is 1.47 bits per heavy atom. The number of nitrogens with one attached hydrogen (secondary N) is 1. The standard InChI is InChI=1S/C11H18ClN3O4/c1-8(16)19-10-4-2-3-9(7-10)13-11(17)15(14-18)6-5-12/h9-10H,2-7H2,1H3,(H,13,17). The molecule has 0 radical (unpaired) electrons. The smallest absolute Gasteiger partial charge is 0.340 e. The molecule has 0 heterocycles. The fourth-order valence-electron chi connectivity index (χ4n) is 2.13. The molecule has 1 rings (SSSR count). The zero-order valence-electron chi connectivity index (χ0n) is 10.8. The number of nitroso groups, excluding NO2 is 1. The van der Waals surface area contributed by atoms with Crippen molar-refractivity contribution in [2.75, 3.05) is 12.4 Å². The van der Waals surface area contributed by atoms with E-state index in [9.17, 15) is 14.5 Å². The molecule has 2 unspecified atom stereocenters. The molecule has 0 aromatic carbocycles. The number of hydrogen-bond donors (Lipinski definition) is 1. The highest BCUT2D eigenvalue weighted by atomic mass is 35.5. The van der Waals surface area contributed by atoms with Gasteiger partial charge in [-0.05, 0) is 19.3 Å². The van der Waals surface area contributed by atoms with Gasteiger partial charge in [0.2, 0.25) is 0 Å². The van der Waals surface area contributed by atoms with Crippen molar-refractivity contribution >= 4 is 23.6 Å². The Hall–Kier alpha value is -1.37. The summed E-state index contributed by atoms with van der Waals surface area (Å²) in [5.74, 6) is -0.185. The van der Waals surface area contributed by atoms with E-state index in [1.165, 1.54) is 6.92 Å². The quantitative estimate of drug-likeness (QED) is 0.362. The summed E-state index contributed by atoms with van der Waals surface area (Å²) in [6.07, 6.45) is 2.81. The van der Waals surface area contributed by atoms with Gasteiger partial charge in [0.15, 0.2) is 0 Å². The summed E-state index contributed by atoms with van der Waals surface area (Å²) in [6.45, 7) is 1.43. The SMILES string of the molecule is CC(=O)OC1CCCC(NC(=O)N(CCCl)N=O)C1. The van der Waals surface area contributed by atoms with Gasteiger partial charge in [0.1, 0.15) is 6.10 Å². The van der Waals surface area contributed by atoms with Crippen LogP contribution in [0.2, 0.25) is 0 Å². The molecule has 2 atom stereocenters. The van der Waals surface area contributed by atoms with Crippen LogP contribution in [0.15, 0.2) is 5.29 Å². The lowest BCUT2D eigenvalue weighted by Crippen LogP contribution is -2.46. The molecule has 7 nitrogen and oxygen atoms in total. The molecule has 108 valence electrons. The average Bonchev–Trinajstić information content (AvgIpc) is 2.35. The van der Waals surface area contributed by atoms with Gasteiger partial charge in [-0.3, -0.25) is 4.79 Å². The Bertz CT molecular complexity index is 340. The Labute approximate surface area is 116 Å². The van der Waals surface area contributed by atoms with E-state index >= 15 is 0 Å². The highest BCUT2D eigenvalue weighted by Crippen LogP contribution is 2.21. The van der Waals surface area contributed by atoms with Crippen molar-refractivity contribution in [2.24, 2.45) is 5.29 Å². The minimum atomic E-state index is -0.566. The first kappa shape index (κ1) is 15.7. The number of rotatable bonds is 5. The predicted molar refractivity (Wildman–Crippen MR) is 69.6 cm³/mol. The van der Waals surface area contributed by atoms with Gasteiger partial charge in [0, 0.05) is 25.3 Å². The lowest BCUT2D eigenvalue weighted by atomic mass is 9.93. The number of carbonyl (C=O) groups excluding carboxylic acids is 2. The van der Waals surface area contributed by atoms with Gasteiger partial charge in [0.25, 0.3) is 0 Å². The van der Waals surface area contributed by atoms with Gasteiger partial charge in [0.05, 0.1) is 11.8 Å². The zero-order chi connectivity index (χ0) is 14.3. The second-order valence-corrected chi connectivity index (χ2v) is 4.82. The maximum atomic E-state index is 11.7. The fraction of sp³-hybridized carbons (Fsp3) is 0.818. The predicted octanol–water partition coefficient (Wildman–Crippen LogP) is 1.79. The molecule has 1 fully saturated rings. The summed E-state index contributed by atoms with van der Waals surface area (Å²) < 4.78 is 5.13. The molecule has 1 N–H and O–H groups in total. The van der Waals surface area contributed by atoms with Crippen LogP contribution < -0.4 is 5.32 Å². The van der Waals surface area contributed by atoms with E-state index < -0.39 is 6.03 Å². The molecule has 0 aliphatic heterocycles. The Balaban J connectivity index is 2.44. The minimum absolute atomic E-state index is 0.0665. The molecule has 0 spiro atoms. The summed E-state index contributed by atoms with van der Waals surface area (Å²) in [6, 6.07) is -0.686. The molecular weight excluding hydrogens is 274 g/mol. The molecule has 8 heteroatoms. The first-order valence-corrected chi connectivity index (χ1v) is 6.74. The normalized spacial score (nSPS) is 22.4. The maximum absolute atomic E-state index is 11.7. The maximum Gasteiger partial charge on any atom is 0.340 e. The Morgan fingerprint density at radius 3 is 2.79 bits per heavy atom. The third-order valence-corrected chi connectivity index (χ3v) is 3.08. The number of nitrogens with zero attached hydrogens (tertiary/aromatic N) is 2. The summed E-state index contributed by atoms with van der Waals surface area (Å²) in [5.41, 5.74) is 0. The van der Waals surface area contributed by atoms with Crippen LogP contribution >= 0.6 is 11.6 Å². The molecule has 0 saturated heterocycles. The minimum Gasteiger partial charge on any atom is -0.462 e. The summed E-state index contributed by atoms with van der Waals surface area (Å²) in [4.78, 5) is 33.1. The van der Waals surface area contributed by atoms with Crippen molar-refractivity contribution < 1.29 is 14.3 Å². The van der Waals surface area contributed by atoms with Gasteiger partial charge >= 0.3 is 12.0 Å². The Kier molecular flexibility index (Phi) is 6.55. The van der Waals surface area contributed by atoms with Crippen LogP contribution in [-0.2, 0) is 9.53 Å². The van der Waals surface area contributed by atoms with Gasteiger partial charge in [-0.15, -0.1) is 16.5 Å². The van der Waals surface area contributed by atoms with E-state index in [2.05, 4.69) is 10.6 Å². The highest BCUT2D eigenvalue weighted by molar-refractivity contribution is 6.18. The number of carbonyl (C=O) groups is 2. The number of amides is 2. The fourth-order valence-corrected chi connectivity index (χ4v) is 2.29. The van der Waals surface area contributed by atoms with E-state index in [4.69, 9.17) is 16.3 Å². The number of ether oxygens (including phenoxy) is 1. The molecular formula is C11H18ClN3O4. The van der Waals surface area contributed by atoms with Crippen molar-refractivity contribution in [1.29, 1.82) is 0 Å². The zero-order valence-corrected chi connectivity index (χ0v) is 11.6. The molecule has 0 aromatic heterocycles. The molecule has 2 amide bonds. The average molecular weight is 292 g/mol. The van der Waals surface area contributed by atoms with Crippen LogP contribution in [0.5, 0.6) is 0 Å². The van der Waals surface area contributed by atoms with Crippen molar-refractivity contribution in [3.05, 3.63) is 4.91 Å². The van der Waals surface area contributed by atoms with Crippen molar-refractivity contribution in [3.63, 3.8) is 0 Å². The van der Waals surface area contributed by atoms with Crippen LogP contribution in [0.3, 0.4) is 0 Å². The third-order valence-electron chi connectivity index (χ3n) is 2.92. The van der Waals surface area contributed by atoms with Crippen LogP contribution in [0.25, 0.3) is 0 Å². The van der Waals surface area contributed by atoms with Gasteiger partial charge in [-0.25, -0.2) is 4.79 Å². The molecule has 0 aromatic rings. The van der Waals surface area contributed by atoms with Crippen molar-refractivity contribution in [1.82, 2.24) is 10.3 Å². The van der Waals surface area contributed by atoms with Crippen LogP contribution in [0.1, 0.15) is 32.6 Å². The van der Waals surface area contributed by atoms with Gasteiger partial charge < -0.3 is 10.1 Å². The first-order chi connectivity index (χ1) is 9.06. The van der Waals surface area contributed by atoms with Crippen LogP contribution in [-0.4, -0.2) is 41.6 Å². The first-order valence-electron chi connectivity index (χ1n) is 6.21.